The van der Waals surface area contributed by atoms with E-state index in [2.05, 4.69) is 36.5 Å². The molecule has 0 atom stereocenters. The Balaban J connectivity index is 1.95. The van der Waals surface area contributed by atoms with Crippen molar-refractivity contribution in [3.8, 4) is 11.5 Å². The van der Waals surface area contributed by atoms with Crippen LogP contribution in [-0.2, 0) is 6.54 Å². The average molecular weight is 277 g/mol. The summed E-state index contributed by atoms with van der Waals surface area (Å²) in [5.41, 5.74) is 1.17. The third-order valence-corrected chi connectivity index (χ3v) is 3.51. The van der Waals surface area contributed by atoms with E-state index in [0.717, 1.165) is 30.0 Å². The van der Waals surface area contributed by atoms with Gasteiger partial charge in [-0.1, -0.05) is 61.5 Å². The van der Waals surface area contributed by atoms with Crippen LogP contribution in [0.25, 0.3) is 10.8 Å². The molecule has 0 aromatic heterocycles. The second kappa shape index (κ2) is 6.42. The lowest BCUT2D eigenvalue weighted by atomic mass is 10.1. The number of nitrogens with one attached hydrogen (secondary N) is 1. The number of rotatable bonds is 5. The third-order valence-electron chi connectivity index (χ3n) is 3.51. The van der Waals surface area contributed by atoms with Crippen LogP contribution in [0.15, 0.2) is 66.7 Å². The van der Waals surface area contributed by atoms with Gasteiger partial charge in [0.05, 0.1) is 0 Å². The molecule has 0 saturated heterocycles. The fraction of sp³-hybridized carbons (Fsp3) is 0.158. The van der Waals surface area contributed by atoms with Crippen molar-refractivity contribution in [1.29, 1.82) is 0 Å². The second-order valence-electron chi connectivity index (χ2n) is 4.97. The highest BCUT2D eigenvalue weighted by Gasteiger charge is 2.06. The van der Waals surface area contributed by atoms with E-state index < -0.39 is 0 Å². The summed E-state index contributed by atoms with van der Waals surface area (Å²) in [4.78, 5) is 0. The van der Waals surface area contributed by atoms with Crippen molar-refractivity contribution < 1.29 is 4.74 Å². The average Bonchev–Trinajstić information content (AvgIpc) is 2.54. The van der Waals surface area contributed by atoms with Gasteiger partial charge in [-0.2, -0.15) is 0 Å². The third kappa shape index (κ3) is 3.06. The van der Waals surface area contributed by atoms with Crippen molar-refractivity contribution in [3.05, 3.63) is 72.3 Å². The summed E-state index contributed by atoms with van der Waals surface area (Å²) in [5.74, 6) is 1.81. The van der Waals surface area contributed by atoms with Crippen molar-refractivity contribution >= 4 is 10.8 Å². The molecule has 21 heavy (non-hydrogen) atoms. The van der Waals surface area contributed by atoms with Gasteiger partial charge in [0.2, 0.25) is 0 Å². The second-order valence-corrected chi connectivity index (χ2v) is 4.97. The van der Waals surface area contributed by atoms with Gasteiger partial charge >= 0.3 is 0 Å². The lowest BCUT2D eigenvalue weighted by molar-refractivity contribution is 0.478. The summed E-state index contributed by atoms with van der Waals surface area (Å²) in [7, 11) is 0. The van der Waals surface area contributed by atoms with Gasteiger partial charge < -0.3 is 10.1 Å². The zero-order valence-corrected chi connectivity index (χ0v) is 12.2. The van der Waals surface area contributed by atoms with E-state index in [4.69, 9.17) is 4.74 Å². The Morgan fingerprint density at radius 2 is 1.52 bits per heavy atom. The molecule has 0 fully saturated rings. The smallest absolute Gasteiger partial charge is 0.135 e. The predicted octanol–water partition coefficient (Wildman–Crippen LogP) is 4.74. The molecule has 3 aromatic rings. The molecule has 3 rings (SSSR count). The van der Waals surface area contributed by atoms with Crippen LogP contribution >= 0.6 is 0 Å². The Bertz CT molecular complexity index is 731. The van der Waals surface area contributed by atoms with Gasteiger partial charge in [-0.25, -0.2) is 0 Å². The molecule has 0 aliphatic heterocycles. The van der Waals surface area contributed by atoms with Crippen LogP contribution in [0.4, 0.5) is 0 Å². The van der Waals surface area contributed by atoms with Crippen molar-refractivity contribution in [2.45, 2.75) is 13.5 Å². The van der Waals surface area contributed by atoms with E-state index in [1.54, 1.807) is 0 Å². The van der Waals surface area contributed by atoms with Gasteiger partial charge in [0, 0.05) is 17.5 Å². The predicted molar refractivity (Wildman–Crippen MR) is 87.8 cm³/mol. The number of benzene rings is 3. The first-order chi connectivity index (χ1) is 10.4. The lowest BCUT2D eigenvalue weighted by Crippen LogP contribution is -2.12. The first-order valence-electron chi connectivity index (χ1n) is 7.32. The number of para-hydroxylation sites is 1. The molecule has 2 nitrogen and oxygen atoms in total. The maximum atomic E-state index is 6.18. The van der Waals surface area contributed by atoms with Crippen molar-refractivity contribution in [3.63, 3.8) is 0 Å². The summed E-state index contributed by atoms with van der Waals surface area (Å²) >= 11 is 0. The van der Waals surface area contributed by atoms with Gasteiger partial charge in [0.25, 0.3) is 0 Å². The van der Waals surface area contributed by atoms with Crippen LogP contribution in [0.2, 0.25) is 0 Å². The minimum Gasteiger partial charge on any atom is -0.456 e. The molecular weight excluding hydrogens is 258 g/mol. The molecule has 0 spiro atoms. The van der Waals surface area contributed by atoms with Crippen LogP contribution in [0, 0.1) is 0 Å². The number of hydrogen-bond donors (Lipinski definition) is 1. The molecule has 3 aromatic carbocycles. The summed E-state index contributed by atoms with van der Waals surface area (Å²) < 4.78 is 6.18. The highest BCUT2D eigenvalue weighted by atomic mass is 16.5. The summed E-state index contributed by atoms with van der Waals surface area (Å²) in [6.45, 7) is 3.87. The Morgan fingerprint density at radius 1 is 0.810 bits per heavy atom. The fourth-order valence-corrected chi connectivity index (χ4v) is 2.41. The van der Waals surface area contributed by atoms with Crippen LogP contribution in [-0.4, -0.2) is 6.54 Å². The molecule has 0 aliphatic carbocycles. The van der Waals surface area contributed by atoms with Crippen molar-refractivity contribution in [2.75, 3.05) is 6.54 Å². The molecule has 106 valence electrons. The zero-order valence-electron chi connectivity index (χ0n) is 12.2. The molecule has 0 bridgehead atoms. The van der Waals surface area contributed by atoms with E-state index >= 15 is 0 Å². The standard InChI is InChI=1S/C19H19NO/c1-2-20-14-16-9-4-6-12-18(16)21-19-13-7-10-15-8-3-5-11-17(15)19/h3-13,20H,2,14H2,1H3. The number of hydrogen-bond acceptors (Lipinski definition) is 2. The van der Waals surface area contributed by atoms with Crippen molar-refractivity contribution in [2.24, 2.45) is 0 Å². The van der Waals surface area contributed by atoms with Gasteiger partial charge in [0.1, 0.15) is 11.5 Å². The van der Waals surface area contributed by atoms with Crippen LogP contribution in [0.3, 0.4) is 0 Å². The van der Waals surface area contributed by atoms with Crippen LogP contribution in [0.5, 0.6) is 11.5 Å². The van der Waals surface area contributed by atoms with E-state index in [9.17, 15) is 0 Å². The molecule has 0 unspecified atom stereocenters. The Kier molecular flexibility index (Phi) is 4.17. The Morgan fingerprint density at radius 3 is 2.43 bits per heavy atom. The van der Waals surface area contributed by atoms with Gasteiger partial charge in [0.15, 0.2) is 0 Å². The Hall–Kier alpha value is -2.32. The summed E-state index contributed by atoms with van der Waals surface area (Å²) in [6.07, 6.45) is 0. The fourth-order valence-electron chi connectivity index (χ4n) is 2.41. The summed E-state index contributed by atoms with van der Waals surface area (Å²) in [5, 5.41) is 5.68. The Labute approximate surface area is 125 Å². The van der Waals surface area contributed by atoms with Gasteiger partial charge in [-0.15, -0.1) is 0 Å². The molecule has 0 saturated carbocycles. The minimum absolute atomic E-state index is 0.817. The van der Waals surface area contributed by atoms with E-state index in [-0.39, 0.29) is 0 Å². The van der Waals surface area contributed by atoms with Gasteiger partial charge in [-0.3, -0.25) is 0 Å². The first kappa shape index (κ1) is 13.7. The number of ether oxygens (including phenoxy) is 1. The topological polar surface area (TPSA) is 21.3 Å². The maximum absolute atomic E-state index is 6.18. The SMILES string of the molecule is CCNCc1ccccc1Oc1cccc2ccccc12. The van der Waals surface area contributed by atoms with E-state index in [0.29, 0.717) is 0 Å². The quantitative estimate of drug-likeness (QED) is 0.727. The molecular formula is C19H19NO. The monoisotopic (exact) mass is 277 g/mol. The normalized spacial score (nSPS) is 10.7. The highest BCUT2D eigenvalue weighted by Crippen LogP contribution is 2.31. The largest absolute Gasteiger partial charge is 0.456 e. The molecule has 1 N–H and O–H groups in total. The summed E-state index contributed by atoms with van der Waals surface area (Å²) in [6, 6.07) is 22.6. The van der Waals surface area contributed by atoms with Gasteiger partial charge in [-0.05, 0) is 24.1 Å². The molecule has 0 radical (unpaired) electrons. The van der Waals surface area contributed by atoms with Crippen LogP contribution < -0.4 is 10.1 Å². The maximum Gasteiger partial charge on any atom is 0.135 e. The highest BCUT2D eigenvalue weighted by molar-refractivity contribution is 5.88. The number of fused-ring (bicyclic) bond motifs is 1. The molecule has 0 heterocycles. The first-order valence-corrected chi connectivity index (χ1v) is 7.32. The molecule has 2 heteroatoms. The zero-order chi connectivity index (χ0) is 14.5. The minimum atomic E-state index is 0.817. The van der Waals surface area contributed by atoms with Crippen molar-refractivity contribution in [1.82, 2.24) is 5.32 Å². The van der Waals surface area contributed by atoms with E-state index in [1.165, 1.54) is 10.9 Å². The van der Waals surface area contributed by atoms with Crippen LogP contribution in [0.1, 0.15) is 12.5 Å². The van der Waals surface area contributed by atoms with E-state index in [1.807, 2.05) is 42.5 Å². The molecule has 0 amide bonds. The lowest BCUT2D eigenvalue weighted by Gasteiger charge is -2.13. The molecule has 0 aliphatic rings.